The summed E-state index contributed by atoms with van der Waals surface area (Å²) >= 11 is 0. The Hall–Kier alpha value is -3.22. The summed E-state index contributed by atoms with van der Waals surface area (Å²) in [5.41, 5.74) is 3.95. The maximum Gasteiger partial charge on any atom is 0.152 e. The van der Waals surface area contributed by atoms with Crippen LogP contribution in [0.3, 0.4) is 0 Å². The number of hydrogen-bond donors (Lipinski definition) is 1. The molecule has 0 saturated heterocycles. The maximum atomic E-state index is 4.69. The highest BCUT2D eigenvalue weighted by atomic mass is 15.3. The molecule has 132 valence electrons. The van der Waals surface area contributed by atoms with Crippen molar-refractivity contribution < 1.29 is 0 Å². The van der Waals surface area contributed by atoms with Crippen LogP contribution in [0.2, 0.25) is 0 Å². The second kappa shape index (κ2) is 6.95. The van der Waals surface area contributed by atoms with Gasteiger partial charge in [-0.1, -0.05) is 37.3 Å². The Labute approximate surface area is 151 Å². The normalized spacial score (nSPS) is 11.2. The van der Waals surface area contributed by atoms with E-state index in [0.717, 1.165) is 47.3 Å². The topological polar surface area (TPSA) is 77.2 Å². The number of aryl methyl sites for hydroxylation is 2. The van der Waals surface area contributed by atoms with Crippen LogP contribution in [0.4, 0.5) is 0 Å². The fraction of sp³-hybridized carbons (Fsp3) is 0.263. The highest BCUT2D eigenvalue weighted by Crippen LogP contribution is 2.30. The van der Waals surface area contributed by atoms with Gasteiger partial charge in [0.05, 0.1) is 36.2 Å². The van der Waals surface area contributed by atoms with Gasteiger partial charge >= 0.3 is 0 Å². The third-order valence-electron chi connectivity index (χ3n) is 4.31. The predicted octanol–water partition coefficient (Wildman–Crippen LogP) is 3.30. The number of aromatic amines is 1. The van der Waals surface area contributed by atoms with Crippen molar-refractivity contribution in [1.29, 1.82) is 0 Å². The van der Waals surface area contributed by atoms with E-state index >= 15 is 0 Å². The number of nitrogens with one attached hydrogen (secondary N) is 1. The molecule has 0 aliphatic heterocycles. The third-order valence-corrected chi connectivity index (χ3v) is 4.31. The predicted molar refractivity (Wildman–Crippen MR) is 99.4 cm³/mol. The first-order valence-corrected chi connectivity index (χ1v) is 8.75. The number of nitrogens with zero attached hydrogens (tertiary/aromatic N) is 6. The van der Waals surface area contributed by atoms with Crippen molar-refractivity contribution in [1.82, 2.24) is 34.3 Å². The van der Waals surface area contributed by atoms with E-state index in [0.29, 0.717) is 6.54 Å². The van der Waals surface area contributed by atoms with Crippen LogP contribution in [0.15, 0.2) is 49.2 Å². The Morgan fingerprint density at radius 2 is 1.88 bits per heavy atom. The summed E-state index contributed by atoms with van der Waals surface area (Å²) in [6.07, 6.45) is 6.54. The van der Waals surface area contributed by atoms with E-state index in [1.165, 1.54) is 0 Å². The molecule has 0 aliphatic rings. The molecule has 0 amide bonds. The van der Waals surface area contributed by atoms with Crippen molar-refractivity contribution in [3.63, 3.8) is 0 Å². The molecular formula is C19H21N7. The minimum absolute atomic E-state index is 0.604. The molecule has 3 aromatic heterocycles. The van der Waals surface area contributed by atoms with Crippen LogP contribution < -0.4 is 0 Å². The van der Waals surface area contributed by atoms with Gasteiger partial charge in [-0.25, -0.2) is 9.97 Å². The molecule has 1 aromatic carbocycles. The molecule has 0 saturated carbocycles. The van der Waals surface area contributed by atoms with Gasteiger partial charge in [-0.2, -0.15) is 0 Å². The highest BCUT2D eigenvalue weighted by molar-refractivity contribution is 5.76. The molecule has 0 unspecified atom stereocenters. The largest absolute Gasteiger partial charge is 0.341 e. The quantitative estimate of drug-likeness (QED) is 0.580. The monoisotopic (exact) mass is 347 g/mol. The lowest BCUT2D eigenvalue weighted by Gasteiger charge is -2.10. The van der Waals surface area contributed by atoms with Crippen LogP contribution in [0.25, 0.3) is 22.6 Å². The third kappa shape index (κ3) is 3.03. The van der Waals surface area contributed by atoms with Gasteiger partial charge in [0.15, 0.2) is 5.82 Å². The van der Waals surface area contributed by atoms with Crippen molar-refractivity contribution in [2.75, 3.05) is 0 Å². The van der Waals surface area contributed by atoms with Crippen molar-refractivity contribution >= 4 is 0 Å². The van der Waals surface area contributed by atoms with Gasteiger partial charge in [0.2, 0.25) is 0 Å². The summed E-state index contributed by atoms with van der Waals surface area (Å²) in [7, 11) is 0. The van der Waals surface area contributed by atoms with Gasteiger partial charge in [-0.15, -0.1) is 10.2 Å². The van der Waals surface area contributed by atoms with E-state index in [1.54, 1.807) is 6.33 Å². The molecule has 0 radical (unpaired) electrons. The summed E-state index contributed by atoms with van der Waals surface area (Å²) in [5, 5.41) is 8.36. The number of rotatable bonds is 6. The van der Waals surface area contributed by atoms with E-state index in [-0.39, 0.29) is 0 Å². The maximum absolute atomic E-state index is 4.69. The van der Waals surface area contributed by atoms with Crippen LogP contribution >= 0.6 is 0 Å². The molecule has 0 atom stereocenters. The Morgan fingerprint density at radius 1 is 1.04 bits per heavy atom. The SMILES string of the molecule is CCCn1cnnc1Cn1cnc(-c2ccccc2)c1-c1cnc(C)[nH]1. The highest BCUT2D eigenvalue weighted by Gasteiger charge is 2.18. The number of hydrogen-bond acceptors (Lipinski definition) is 4. The molecule has 26 heavy (non-hydrogen) atoms. The number of aromatic nitrogens is 7. The van der Waals surface area contributed by atoms with Crippen molar-refractivity contribution in [2.45, 2.75) is 33.4 Å². The molecule has 0 aliphatic carbocycles. The molecule has 0 spiro atoms. The zero-order valence-electron chi connectivity index (χ0n) is 14.9. The summed E-state index contributed by atoms with van der Waals surface area (Å²) < 4.78 is 4.19. The smallest absolute Gasteiger partial charge is 0.152 e. The van der Waals surface area contributed by atoms with Crippen LogP contribution in [-0.4, -0.2) is 34.3 Å². The van der Waals surface area contributed by atoms with Gasteiger partial charge in [-0.05, 0) is 13.3 Å². The Bertz CT molecular complexity index is 994. The standard InChI is InChI=1S/C19H21N7/c1-3-9-25-13-22-24-17(25)11-26-12-21-18(15-7-5-4-6-8-15)19(26)16-10-20-14(2)23-16/h4-8,10,12-13H,3,9,11H2,1-2H3,(H,20,23). The van der Waals surface area contributed by atoms with Crippen LogP contribution in [-0.2, 0) is 13.1 Å². The minimum Gasteiger partial charge on any atom is -0.341 e. The Kier molecular flexibility index (Phi) is 4.35. The zero-order valence-corrected chi connectivity index (χ0v) is 14.9. The number of imidazole rings is 2. The minimum atomic E-state index is 0.604. The molecule has 1 N–H and O–H groups in total. The van der Waals surface area contributed by atoms with E-state index in [4.69, 9.17) is 0 Å². The molecule has 7 heteroatoms. The Balaban J connectivity index is 1.80. The fourth-order valence-corrected chi connectivity index (χ4v) is 3.11. The van der Waals surface area contributed by atoms with Crippen LogP contribution in [0.5, 0.6) is 0 Å². The second-order valence-corrected chi connectivity index (χ2v) is 6.26. The number of benzene rings is 1. The summed E-state index contributed by atoms with van der Waals surface area (Å²) in [6.45, 7) is 5.60. The molecule has 0 fully saturated rings. The van der Waals surface area contributed by atoms with Gasteiger partial charge in [0, 0.05) is 12.1 Å². The van der Waals surface area contributed by atoms with E-state index < -0.39 is 0 Å². The first-order chi connectivity index (χ1) is 12.8. The Morgan fingerprint density at radius 3 is 2.62 bits per heavy atom. The molecule has 4 aromatic rings. The first-order valence-electron chi connectivity index (χ1n) is 8.75. The lowest BCUT2D eigenvalue weighted by molar-refractivity contribution is 0.613. The van der Waals surface area contributed by atoms with Gasteiger partial charge in [0.25, 0.3) is 0 Å². The van der Waals surface area contributed by atoms with Crippen molar-refractivity contribution in [2.24, 2.45) is 0 Å². The lowest BCUT2D eigenvalue weighted by atomic mass is 10.1. The summed E-state index contributed by atoms with van der Waals surface area (Å²) in [5.74, 6) is 1.79. The van der Waals surface area contributed by atoms with E-state index in [1.807, 2.05) is 37.6 Å². The van der Waals surface area contributed by atoms with Gasteiger partial charge in [0.1, 0.15) is 12.2 Å². The molecule has 0 bridgehead atoms. The zero-order chi connectivity index (χ0) is 17.9. The van der Waals surface area contributed by atoms with Crippen molar-refractivity contribution in [3.8, 4) is 22.6 Å². The van der Waals surface area contributed by atoms with Gasteiger partial charge < -0.3 is 14.1 Å². The molecule has 3 heterocycles. The van der Waals surface area contributed by atoms with E-state index in [2.05, 4.69) is 53.3 Å². The van der Waals surface area contributed by atoms with Crippen molar-refractivity contribution in [3.05, 3.63) is 60.8 Å². The van der Waals surface area contributed by atoms with Gasteiger partial charge in [-0.3, -0.25) is 0 Å². The average Bonchev–Trinajstić information content (AvgIpc) is 3.37. The summed E-state index contributed by atoms with van der Waals surface area (Å²) in [4.78, 5) is 12.4. The fourth-order valence-electron chi connectivity index (χ4n) is 3.11. The number of H-pyrrole nitrogens is 1. The van der Waals surface area contributed by atoms with Crippen LogP contribution in [0, 0.1) is 6.92 Å². The first kappa shape index (κ1) is 16.3. The summed E-state index contributed by atoms with van der Waals surface area (Å²) in [6, 6.07) is 10.2. The lowest BCUT2D eigenvalue weighted by Crippen LogP contribution is -2.09. The molecular weight excluding hydrogens is 326 g/mol. The average molecular weight is 347 g/mol. The molecule has 7 nitrogen and oxygen atoms in total. The second-order valence-electron chi connectivity index (χ2n) is 6.26. The van der Waals surface area contributed by atoms with E-state index in [9.17, 15) is 0 Å². The molecule has 4 rings (SSSR count). The van der Waals surface area contributed by atoms with Crippen LogP contribution in [0.1, 0.15) is 25.0 Å².